The van der Waals surface area contributed by atoms with Crippen molar-refractivity contribution in [1.82, 2.24) is 0 Å². The molecule has 14 heavy (non-hydrogen) atoms. The van der Waals surface area contributed by atoms with E-state index >= 15 is 0 Å². The largest absolute Gasteiger partial charge is 0.480 e. The van der Waals surface area contributed by atoms with Crippen LogP contribution in [0.15, 0.2) is 0 Å². The molecule has 0 saturated heterocycles. The lowest BCUT2D eigenvalue weighted by Crippen LogP contribution is -2.11. The third-order valence-corrected chi connectivity index (χ3v) is 2.78. The van der Waals surface area contributed by atoms with Crippen LogP contribution in [-0.2, 0) is 4.79 Å². The van der Waals surface area contributed by atoms with Crippen molar-refractivity contribution in [3.8, 4) is 0 Å². The molecular weight excluding hydrogens is 269 g/mol. The van der Waals surface area contributed by atoms with E-state index in [4.69, 9.17) is 10.8 Å². The fourth-order valence-corrected chi connectivity index (χ4v) is 1.45. The number of hydrogen-bond acceptors (Lipinski definition) is 2. The molecular formula is C9H19BrClNO2. The lowest BCUT2D eigenvalue weighted by molar-refractivity contribution is -0.136. The smallest absolute Gasteiger partial charge is 0.317 e. The van der Waals surface area contributed by atoms with E-state index in [-0.39, 0.29) is 17.2 Å². The molecule has 0 heterocycles. The van der Waals surface area contributed by atoms with Gasteiger partial charge in [-0.15, -0.1) is 12.4 Å². The van der Waals surface area contributed by atoms with Crippen LogP contribution in [0.1, 0.15) is 38.5 Å². The number of carboxylic acids is 1. The standard InChI is InChI=1S/C9H18BrNO2.ClH/c10-8(9(12)13)6-4-2-1-3-5-7-11;/h8H,1-7,11H2,(H,12,13);1H. The number of alkyl halides is 1. The first-order valence-corrected chi connectivity index (χ1v) is 5.67. The molecule has 3 N–H and O–H groups in total. The second-order valence-electron chi connectivity index (χ2n) is 3.15. The Morgan fingerprint density at radius 2 is 1.71 bits per heavy atom. The summed E-state index contributed by atoms with van der Waals surface area (Å²) in [6, 6.07) is 0. The topological polar surface area (TPSA) is 63.3 Å². The second-order valence-corrected chi connectivity index (χ2v) is 4.26. The maximum absolute atomic E-state index is 10.4. The number of unbranched alkanes of at least 4 members (excludes halogenated alkanes) is 4. The summed E-state index contributed by atoms with van der Waals surface area (Å²) in [6.45, 7) is 0.760. The van der Waals surface area contributed by atoms with Gasteiger partial charge in [-0.3, -0.25) is 4.79 Å². The molecule has 0 radical (unpaired) electrons. The van der Waals surface area contributed by atoms with E-state index in [1.54, 1.807) is 0 Å². The maximum Gasteiger partial charge on any atom is 0.317 e. The van der Waals surface area contributed by atoms with Crippen molar-refractivity contribution < 1.29 is 9.90 Å². The maximum atomic E-state index is 10.4. The normalized spacial score (nSPS) is 11.9. The van der Waals surface area contributed by atoms with E-state index in [1.807, 2.05) is 0 Å². The van der Waals surface area contributed by atoms with Crippen molar-refractivity contribution in [3.05, 3.63) is 0 Å². The van der Waals surface area contributed by atoms with Crippen molar-refractivity contribution in [2.45, 2.75) is 43.4 Å². The summed E-state index contributed by atoms with van der Waals surface area (Å²) in [5, 5.41) is 8.56. The van der Waals surface area contributed by atoms with Crippen molar-refractivity contribution >= 4 is 34.3 Å². The summed E-state index contributed by atoms with van der Waals surface area (Å²) >= 11 is 3.11. The summed E-state index contributed by atoms with van der Waals surface area (Å²) in [5.74, 6) is -0.762. The Balaban J connectivity index is 0. The van der Waals surface area contributed by atoms with Gasteiger partial charge in [0.25, 0.3) is 0 Å². The summed E-state index contributed by atoms with van der Waals surface area (Å²) in [7, 11) is 0. The van der Waals surface area contributed by atoms with Gasteiger partial charge < -0.3 is 10.8 Å². The van der Waals surface area contributed by atoms with Gasteiger partial charge in [-0.1, -0.05) is 41.6 Å². The second kappa shape index (κ2) is 11.3. The highest BCUT2D eigenvalue weighted by atomic mass is 79.9. The molecule has 0 spiro atoms. The monoisotopic (exact) mass is 287 g/mol. The first-order valence-electron chi connectivity index (χ1n) is 4.75. The predicted molar refractivity (Wildman–Crippen MR) is 64.4 cm³/mol. The first kappa shape index (κ1) is 16.6. The Morgan fingerprint density at radius 1 is 1.21 bits per heavy atom. The Bertz CT molecular complexity index is 147. The van der Waals surface area contributed by atoms with Crippen LogP contribution in [0, 0.1) is 0 Å². The van der Waals surface area contributed by atoms with Crippen LogP contribution < -0.4 is 5.73 Å². The van der Waals surface area contributed by atoms with Gasteiger partial charge in [0.15, 0.2) is 0 Å². The quantitative estimate of drug-likeness (QED) is 0.533. The van der Waals surface area contributed by atoms with Gasteiger partial charge in [-0.05, 0) is 19.4 Å². The fourth-order valence-electron chi connectivity index (χ4n) is 1.12. The van der Waals surface area contributed by atoms with Crippen LogP contribution in [0.4, 0.5) is 0 Å². The van der Waals surface area contributed by atoms with Gasteiger partial charge >= 0.3 is 5.97 Å². The molecule has 86 valence electrons. The van der Waals surface area contributed by atoms with Gasteiger partial charge in [0.2, 0.25) is 0 Å². The number of carbonyl (C=O) groups is 1. The first-order chi connectivity index (χ1) is 6.18. The van der Waals surface area contributed by atoms with E-state index in [0.717, 1.165) is 45.1 Å². The van der Waals surface area contributed by atoms with Gasteiger partial charge in [0.05, 0.1) is 0 Å². The van der Waals surface area contributed by atoms with Gasteiger partial charge in [-0.25, -0.2) is 0 Å². The van der Waals surface area contributed by atoms with Crippen LogP contribution in [0.5, 0.6) is 0 Å². The number of carboxylic acid groups (broad SMARTS) is 1. The molecule has 0 aliphatic carbocycles. The summed E-state index contributed by atoms with van der Waals surface area (Å²) in [4.78, 5) is 10.0. The molecule has 1 atom stereocenters. The molecule has 0 aromatic rings. The molecule has 0 aliphatic rings. The van der Waals surface area contributed by atoms with Gasteiger partial charge in [0.1, 0.15) is 4.83 Å². The lowest BCUT2D eigenvalue weighted by Gasteiger charge is -2.03. The third kappa shape index (κ3) is 10.3. The van der Waals surface area contributed by atoms with E-state index in [0.29, 0.717) is 0 Å². The minimum atomic E-state index is -0.762. The minimum absolute atomic E-state index is 0. The molecule has 5 heteroatoms. The molecule has 0 aromatic carbocycles. The van der Waals surface area contributed by atoms with Crippen molar-refractivity contribution in [2.75, 3.05) is 6.54 Å². The summed E-state index contributed by atoms with van der Waals surface area (Å²) < 4.78 is 0. The van der Waals surface area contributed by atoms with Crippen molar-refractivity contribution in [2.24, 2.45) is 5.73 Å². The van der Waals surface area contributed by atoms with Crippen LogP contribution in [-0.4, -0.2) is 22.4 Å². The Morgan fingerprint density at radius 3 is 2.21 bits per heavy atom. The third-order valence-electron chi connectivity index (χ3n) is 1.93. The van der Waals surface area contributed by atoms with Crippen LogP contribution >= 0.6 is 28.3 Å². The van der Waals surface area contributed by atoms with E-state index < -0.39 is 5.97 Å². The lowest BCUT2D eigenvalue weighted by atomic mass is 10.1. The van der Waals surface area contributed by atoms with Gasteiger partial charge in [-0.2, -0.15) is 0 Å². The van der Waals surface area contributed by atoms with Crippen LogP contribution in [0.2, 0.25) is 0 Å². The molecule has 1 unspecified atom stereocenters. The fraction of sp³-hybridized carbons (Fsp3) is 0.889. The molecule has 0 amide bonds. The number of aliphatic carboxylic acids is 1. The summed E-state index contributed by atoms with van der Waals surface area (Å²) in [6.07, 6.45) is 6.21. The number of nitrogens with two attached hydrogens (primary N) is 1. The number of halogens is 2. The minimum Gasteiger partial charge on any atom is -0.480 e. The number of hydrogen-bond donors (Lipinski definition) is 2. The van der Waals surface area contributed by atoms with Crippen LogP contribution in [0.3, 0.4) is 0 Å². The Hall–Kier alpha value is 0.200. The number of rotatable bonds is 8. The van der Waals surface area contributed by atoms with E-state index in [1.165, 1.54) is 0 Å². The summed E-state index contributed by atoms with van der Waals surface area (Å²) in [5.41, 5.74) is 5.35. The highest BCUT2D eigenvalue weighted by Gasteiger charge is 2.11. The zero-order chi connectivity index (χ0) is 10.1. The molecule has 0 aromatic heterocycles. The van der Waals surface area contributed by atoms with E-state index in [2.05, 4.69) is 15.9 Å². The zero-order valence-corrected chi connectivity index (χ0v) is 10.6. The van der Waals surface area contributed by atoms with Gasteiger partial charge in [0, 0.05) is 0 Å². The highest BCUT2D eigenvalue weighted by Crippen LogP contribution is 2.12. The molecule has 0 rings (SSSR count). The molecule has 3 nitrogen and oxygen atoms in total. The highest BCUT2D eigenvalue weighted by molar-refractivity contribution is 9.10. The molecule has 0 fully saturated rings. The zero-order valence-electron chi connectivity index (χ0n) is 8.25. The molecule has 0 bridgehead atoms. The Labute approximate surface area is 100.0 Å². The average Bonchev–Trinajstić information content (AvgIpc) is 2.10. The average molecular weight is 289 g/mol. The molecule has 0 saturated carbocycles. The predicted octanol–water partition coefficient (Wildman–Crippen LogP) is 2.56. The van der Waals surface area contributed by atoms with Crippen molar-refractivity contribution in [1.29, 1.82) is 0 Å². The SMILES string of the molecule is Cl.NCCCCCCCC(Br)C(=O)O. The molecule has 0 aliphatic heterocycles. The Kier molecular flexibility index (Phi) is 13.4. The van der Waals surface area contributed by atoms with Crippen LogP contribution in [0.25, 0.3) is 0 Å². The van der Waals surface area contributed by atoms with Crippen molar-refractivity contribution in [3.63, 3.8) is 0 Å². The van der Waals surface area contributed by atoms with E-state index in [9.17, 15) is 4.79 Å².